The molecule has 2 aromatic carbocycles. The summed E-state index contributed by atoms with van der Waals surface area (Å²) in [6.07, 6.45) is 0. The number of anilines is 1. The highest BCUT2D eigenvalue weighted by Crippen LogP contribution is 2.22. The van der Waals surface area contributed by atoms with E-state index in [2.05, 4.69) is 26.6 Å². The van der Waals surface area contributed by atoms with Gasteiger partial charge in [0.25, 0.3) is 0 Å². The molecule has 0 spiro atoms. The molecule has 2 rings (SSSR count). The molecule has 3 nitrogen and oxygen atoms in total. The molecular formula is C17H18BrClN2O. The van der Waals surface area contributed by atoms with Crippen LogP contribution in [-0.2, 0) is 4.79 Å². The lowest BCUT2D eigenvalue weighted by Gasteiger charge is -2.21. The summed E-state index contributed by atoms with van der Waals surface area (Å²) in [5, 5.41) is 6.85. The van der Waals surface area contributed by atoms with Gasteiger partial charge >= 0.3 is 0 Å². The van der Waals surface area contributed by atoms with Crippen molar-refractivity contribution in [3.8, 4) is 0 Å². The smallest absolute Gasteiger partial charge is 0.241 e. The summed E-state index contributed by atoms with van der Waals surface area (Å²) in [6.45, 7) is 3.82. The molecule has 1 amide bonds. The fourth-order valence-electron chi connectivity index (χ4n) is 2.18. The highest BCUT2D eigenvalue weighted by molar-refractivity contribution is 9.10. The zero-order valence-corrected chi connectivity index (χ0v) is 14.8. The van der Waals surface area contributed by atoms with Gasteiger partial charge in [0.1, 0.15) is 0 Å². The van der Waals surface area contributed by atoms with Crippen LogP contribution in [0.5, 0.6) is 0 Å². The van der Waals surface area contributed by atoms with E-state index >= 15 is 0 Å². The number of nitrogens with one attached hydrogen (secondary N) is 2. The van der Waals surface area contributed by atoms with Gasteiger partial charge in [0.2, 0.25) is 5.91 Å². The van der Waals surface area contributed by atoms with E-state index in [1.54, 1.807) is 0 Å². The Labute approximate surface area is 144 Å². The van der Waals surface area contributed by atoms with Gasteiger partial charge in [0.05, 0.1) is 6.04 Å². The van der Waals surface area contributed by atoms with Crippen LogP contribution in [0.4, 0.5) is 5.69 Å². The largest absolute Gasteiger partial charge is 0.325 e. The highest BCUT2D eigenvalue weighted by atomic mass is 79.9. The van der Waals surface area contributed by atoms with E-state index < -0.39 is 0 Å². The number of hydrogen-bond acceptors (Lipinski definition) is 2. The van der Waals surface area contributed by atoms with Gasteiger partial charge in [-0.3, -0.25) is 10.1 Å². The van der Waals surface area contributed by atoms with Gasteiger partial charge in [-0.15, -0.1) is 0 Å². The number of amides is 1. The minimum absolute atomic E-state index is 0.0167. The highest BCUT2D eigenvalue weighted by Gasteiger charge is 2.17. The van der Waals surface area contributed by atoms with E-state index in [4.69, 9.17) is 11.6 Å². The normalized spacial score (nSPS) is 13.5. The second-order valence-electron chi connectivity index (χ2n) is 5.13. The second-order valence-corrected chi connectivity index (χ2v) is 6.45. The van der Waals surface area contributed by atoms with Crippen molar-refractivity contribution in [3.63, 3.8) is 0 Å². The maximum atomic E-state index is 12.3. The third-order valence-electron chi connectivity index (χ3n) is 3.36. The lowest BCUT2D eigenvalue weighted by molar-refractivity contribution is -0.117. The molecule has 0 aromatic heterocycles. The number of hydrogen-bond donors (Lipinski definition) is 2. The van der Waals surface area contributed by atoms with Crippen LogP contribution in [0.2, 0.25) is 5.02 Å². The van der Waals surface area contributed by atoms with Gasteiger partial charge in [-0.05, 0) is 43.7 Å². The van der Waals surface area contributed by atoms with E-state index in [1.165, 1.54) is 0 Å². The lowest BCUT2D eigenvalue weighted by Crippen LogP contribution is -2.39. The third-order valence-corrected chi connectivity index (χ3v) is 4.19. The lowest BCUT2D eigenvalue weighted by atomic mass is 10.1. The molecule has 0 bridgehead atoms. The molecule has 0 aliphatic rings. The number of carbonyl (C=O) groups is 1. The first kappa shape index (κ1) is 17.0. The Balaban J connectivity index is 1.98. The SMILES string of the molecule is CC(NC(C)c1ccccc1Cl)C(=O)Nc1cccc(Br)c1. The van der Waals surface area contributed by atoms with Crippen LogP contribution >= 0.6 is 27.5 Å². The molecule has 0 heterocycles. The molecule has 0 saturated heterocycles. The van der Waals surface area contributed by atoms with Gasteiger partial charge in [-0.25, -0.2) is 0 Å². The third kappa shape index (κ3) is 4.57. The van der Waals surface area contributed by atoms with Crippen molar-refractivity contribution < 1.29 is 4.79 Å². The Bertz CT molecular complexity index is 663. The molecule has 2 aromatic rings. The summed E-state index contributed by atoms with van der Waals surface area (Å²) in [5.41, 5.74) is 1.74. The van der Waals surface area contributed by atoms with E-state index in [9.17, 15) is 4.79 Å². The quantitative estimate of drug-likeness (QED) is 0.782. The predicted molar refractivity (Wildman–Crippen MR) is 95.2 cm³/mol. The van der Waals surface area contributed by atoms with Crippen molar-refractivity contribution in [1.82, 2.24) is 5.32 Å². The standard InChI is InChI=1S/C17H18BrClN2O/c1-11(15-8-3-4-9-16(15)19)20-12(2)17(22)21-14-7-5-6-13(18)10-14/h3-12,20H,1-2H3,(H,21,22). The van der Waals surface area contributed by atoms with Crippen LogP contribution in [0.15, 0.2) is 53.0 Å². The molecular weight excluding hydrogens is 364 g/mol. The van der Waals surface area contributed by atoms with E-state index in [0.29, 0.717) is 5.02 Å². The molecule has 0 aliphatic heterocycles. The van der Waals surface area contributed by atoms with Crippen molar-refractivity contribution in [3.05, 3.63) is 63.6 Å². The molecule has 0 saturated carbocycles. The predicted octanol–water partition coefficient (Wildman–Crippen LogP) is 4.78. The van der Waals surface area contributed by atoms with Crippen LogP contribution in [0.25, 0.3) is 0 Å². The minimum Gasteiger partial charge on any atom is -0.325 e. The van der Waals surface area contributed by atoms with Gasteiger partial charge < -0.3 is 5.32 Å². The minimum atomic E-state index is -0.342. The summed E-state index contributed by atoms with van der Waals surface area (Å²) in [6, 6.07) is 14.8. The molecule has 2 unspecified atom stereocenters. The Hall–Kier alpha value is -1.36. The summed E-state index contributed by atoms with van der Waals surface area (Å²) in [5.74, 6) is -0.0861. The first-order valence-corrected chi connectivity index (χ1v) is 8.21. The fourth-order valence-corrected chi connectivity index (χ4v) is 2.88. The summed E-state index contributed by atoms with van der Waals surface area (Å²) in [4.78, 5) is 12.3. The van der Waals surface area contributed by atoms with Crippen molar-refractivity contribution in [2.45, 2.75) is 25.9 Å². The average Bonchev–Trinajstić information content (AvgIpc) is 2.47. The first-order valence-electron chi connectivity index (χ1n) is 7.04. The molecule has 2 atom stereocenters. The summed E-state index contributed by atoms with van der Waals surface area (Å²) >= 11 is 9.57. The average molecular weight is 382 g/mol. The molecule has 0 aliphatic carbocycles. The van der Waals surface area contributed by atoms with Crippen LogP contribution in [-0.4, -0.2) is 11.9 Å². The molecule has 2 N–H and O–H groups in total. The van der Waals surface area contributed by atoms with Crippen LogP contribution in [0, 0.1) is 0 Å². The number of halogens is 2. The Morgan fingerprint density at radius 2 is 1.86 bits per heavy atom. The summed E-state index contributed by atoms with van der Waals surface area (Å²) < 4.78 is 0.926. The zero-order chi connectivity index (χ0) is 16.1. The Morgan fingerprint density at radius 1 is 1.14 bits per heavy atom. The second kappa shape index (κ2) is 7.77. The molecule has 5 heteroatoms. The molecule has 0 fully saturated rings. The first-order chi connectivity index (χ1) is 10.5. The van der Waals surface area contributed by atoms with Crippen LogP contribution in [0.3, 0.4) is 0 Å². The Kier molecular flexibility index (Phi) is 6.00. The maximum Gasteiger partial charge on any atom is 0.241 e. The van der Waals surface area contributed by atoms with Gasteiger partial charge in [-0.1, -0.05) is 51.8 Å². The van der Waals surface area contributed by atoms with E-state index in [-0.39, 0.29) is 18.0 Å². The fraction of sp³-hybridized carbons (Fsp3) is 0.235. The molecule has 22 heavy (non-hydrogen) atoms. The van der Waals surface area contributed by atoms with Gasteiger partial charge in [-0.2, -0.15) is 0 Å². The van der Waals surface area contributed by atoms with E-state index in [1.807, 2.05) is 62.4 Å². The van der Waals surface area contributed by atoms with Crippen molar-refractivity contribution in [2.75, 3.05) is 5.32 Å². The van der Waals surface area contributed by atoms with Crippen molar-refractivity contribution in [2.24, 2.45) is 0 Å². The van der Waals surface area contributed by atoms with Crippen LogP contribution in [0.1, 0.15) is 25.5 Å². The van der Waals surface area contributed by atoms with Crippen molar-refractivity contribution in [1.29, 1.82) is 0 Å². The van der Waals surface area contributed by atoms with Crippen LogP contribution < -0.4 is 10.6 Å². The maximum absolute atomic E-state index is 12.3. The van der Waals surface area contributed by atoms with Gasteiger partial charge in [0, 0.05) is 21.2 Å². The number of rotatable bonds is 5. The monoisotopic (exact) mass is 380 g/mol. The molecule has 116 valence electrons. The zero-order valence-electron chi connectivity index (χ0n) is 12.4. The number of benzene rings is 2. The summed E-state index contributed by atoms with van der Waals surface area (Å²) in [7, 11) is 0. The number of carbonyl (C=O) groups excluding carboxylic acids is 1. The van der Waals surface area contributed by atoms with Gasteiger partial charge in [0.15, 0.2) is 0 Å². The topological polar surface area (TPSA) is 41.1 Å². The van der Waals surface area contributed by atoms with E-state index in [0.717, 1.165) is 15.7 Å². The molecule has 0 radical (unpaired) electrons. The van der Waals surface area contributed by atoms with Crippen molar-refractivity contribution >= 4 is 39.1 Å². The Morgan fingerprint density at radius 3 is 2.55 bits per heavy atom.